The number of amides is 2. The van der Waals surface area contributed by atoms with Crippen molar-refractivity contribution in [3.8, 4) is 0 Å². The predicted octanol–water partition coefficient (Wildman–Crippen LogP) is -0.212. The third-order valence-electron chi connectivity index (χ3n) is 3.18. The van der Waals surface area contributed by atoms with Crippen molar-refractivity contribution in [2.45, 2.75) is 38.4 Å². The van der Waals surface area contributed by atoms with Crippen LogP contribution in [-0.2, 0) is 14.4 Å². The largest absolute Gasteiger partial charge is 0.480 e. The molecule has 9 heteroatoms. The SMILES string of the molecule is CSCC[C@@H](C(=O)O)N(C(=O)[C@@H](N)C(C)C)C(=O)[C@@H](N)CS. The molecule has 0 spiro atoms. The summed E-state index contributed by atoms with van der Waals surface area (Å²) in [4.78, 5) is 37.1. The van der Waals surface area contributed by atoms with Crippen molar-refractivity contribution < 1.29 is 19.5 Å². The van der Waals surface area contributed by atoms with Crippen molar-refractivity contribution in [1.82, 2.24) is 4.90 Å². The van der Waals surface area contributed by atoms with Crippen LogP contribution in [0.3, 0.4) is 0 Å². The molecule has 0 saturated carbocycles. The van der Waals surface area contributed by atoms with Gasteiger partial charge in [0.1, 0.15) is 6.04 Å². The number of hydrogen-bond donors (Lipinski definition) is 4. The summed E-state index contributed by atoms with van der Waals surface area (Å²) >= 11 is 5.36. The number of carbonyl (C=O) groups is 3. The van der Waals surface area contributed by atoms with Crippen molar-refractivity contribution in [3.05, 3.63) is 0 Å². The lowest BCUT2D eigenvalue weighted by Gasteiger charge is -2.32. The topological polar surface area (TPSA) is 127 Å². The normalized spacial score (nSPS) is 15.2. The van der Waals surface area contributed by atoms with Crippen LogP contribution >= 0.6 is 24.4 Å². The summed E-state index contributed by atoms with van der Waals surface area (Å²) in [7, 11) is 0. The zero-order chi connectivity index (χ0) is 17.4. The van der Waals surface area contributed by atoms with Gasteiger partial charge in [-0.1, -0.05) is 13.8 Å². The zero-order valence-electron chi connectivity index (χ0n) is 13.1. The van der Waals surface area contributed by atoms with Gasteiger partial charge in [0.05, 0.1) is 12.1 Å². The van der Waals surface area contributed by atoms with Gasteiger partial charge < -0.3 is 16.6 Å². The van der Waals surface area contributed by atoms with E-state index < -0.39 is 35.9 Å². The van der Waals surface area contributed by atoms with E-state index in [0.29, 0.717) is 10.7 Å². The summed E-state index contributed by atoms with van der Waals surface area (Å²) in [6, 6.07) is -3.29. The van der Waals surface area contributed by atoms with Crippen molar-refractivity contribution >= 4 is 42.2 Å². The number of thiol groups is 1. The van der Waals surface area contributed by atoms with Crippen LogP contribution < -0.4 is 11.5 Å². The summed E-state index contributed by atoms with van der Waals surface area (Å²) in [5, 5.41) is 9.39. The Labute approximate surface area is 140 Å². The molecule has 0 aromatic carbocycles. The maximum atomic E-state index is 12.5. The molecule has 7 nitrogen and oxygen atoms in total. The van der Waals surface area contributed by atoms with E-state index in [-0.39, 0.29) is 18.1 Å². The van der Waals surface area contributed by atoms with Crippen LogP contribution in [0, 0.1) is 5.92 Å². The molecule has 0 unspecified atom stereocenters. The second kappa shape index (κ2) is 10.1. The number of thioether (sulfide) groups is 1. The molecule has 22 heavy (non-hydrogen) atoms. The van der Waals surface area contributed by atoms with Gasteiger partial charge in [-0.2, -0.15) is 24.4 Å². The van der Waals surface area contributed by atoms with Gasteiger partial charge in [-0.05, 0) is 24.3 Å². The van der Waals surface area contributed by atoms with Crippen LogP contribution in [0.4, 0.5) is 0 Å². The Kier molecular flexibility index (Phi) is 9.74. The molecule has 0 saturated heterocycles. The molecule has 0 aliphatic carbocycles. The van der Waals surface area contributed by atoms with E-state index in [1.54, 1.807) is 13.8 Å². The van der Waals surface area contributed by atoms with E-state index in [9.17, 15) is 19.5 Å². The number of carboxylic acid groups (broad SMARTS) is 1. The first-order chi connectivity index (χ1) is 10.2. The Morgan fingerprint density at radius 3 is 2.14 bits per heavy atom. The minimum absolute atomic E-state index is 0.00833. The van der Waals surface area contributed by atoms with E-state index in [2.05, 4.69) is 12.6 Å². The highest BCUT2D eigenvalue weighted by Crippen LogP contribution is 2.15. The first kappa shape index (κ1) is 21.2. The molecule has 0 fully saturated rings. The van der Waals surface area contributed by atoms with Gasteiger partial charge in [0, 0.05) is 5.75 Å². The maximum Gasteiger partial charge on any atom is 0.326 e. The average molecular weight is 351 g/mol. The van der Waals surface area contributed by atoms with Crippen LogP contribution in [0.5, 0.6) is 0 Å². The fourth-order valence-electron chi connectivity index (χ4n) is 1.71. The highest BCUT2D eigenvalue weighted by Gasteiger charge is 2.39. The standard InChI is InChI=1S/C13H25N3O4S2/c1-7(2)10(15)12(18)16(11(17)8(14)6-21)9(13(19)20)4-5-22-3/h7-10,21H,4-6,14-15H2,1-3H3,(H,19,20)/t8-,9-,10-/m0/s1. The molecule has 0 radical (unpaired) electrons. The molecule has 0 rings (SSSR count). The van der Waals surface area contributed by atoms with Gasteiger partial charge in [-0.3, -0.25) is 14.5 Å². The first-order valence-electron chi connectivity index (χ1n) is 6.89. The molecule has 2 amide bonds. The maximum absolute atomic E-state index is 12.5. The fourth-order valence-corrected chi connectivity index (χ4v) is 2.33. The van der Waals surface area contributed by atoms with Crippen molar-refractivity contribution in [2.24, 2.45) is 17.4 Å². The number of carboxylic acids is 1. The zero-order valence-corrected chi connectivity index (χ0v) is 14.8. The summed E-state index contributed by atoms with van der Waals surface area (Å²) in [5.41, 5.74) is 11.4. The Balaban J connectivity index is 5.60. The van der Waals surface area contributed by atoms with Gasteiger partial charge in [-0.15, -0.1) is 0 Å². The minimum Gasteiger partial charge on any atom is -0.480 e. The van der Waals surface area contributed by atoms with Crippen LogP contribution in [-0.4, -0.2) is 63.7 Å². The molecular weight excluding hydrogens is 326 g/mol. The number of nitrogens with zero attached hydrogens (tertiary/aromatic N) is 1. The second-order valence-electron chi connectivity index (χ2n) is 5.24. The van der Waals surface area contributed by atoms with Crippen LogP contribution in [0.2, 0.25) is 0 Å². The quantitative estimate of drug-likeness (QED) is 0.423. The van der Waals surface area contributed by atoms with Gasteiger partial charge in [0.15, 0.2) is 0 Å². The van der Waals surface area contributed by atoms with E-state index in [0.717, 1.165) is 0 Å². The van der Waals surface area contributed by atoms with Gasteiger partial charge in [0.2, 0.25) is 11.8 Å². The third kappa shape index (κ3) is 5.79. The molecular formula is C13H25N3O4S2. The van der Waals surface area contributed by atoms with Gasteiger partial charge in [0.25, 0.3) is 0 Å². The average Bonchev–Trinajstić information content (AvgIpc) is 2.47. The molecule has 0 bridgehead atoms. The van der Waals surface area contributed by atoms with Gasteiger partial charge >= 0.3 is 5.97 Å². The van der Waals surface area contributed by atoms with Crippen LogP contribution in [0.1, 0.15) is 20.3 Å². The number of rotatable bonds is 9. The Morgan fingerprint density at radius 1 is 1.23 bits per heavy atom. The number of hydrogen-bond acceptors (Lipinski definition) is 7. The van der Waals surface area contributed by atoms with Crippen LogP contribution in [0.15, 0.2) is 0 Å². The molecule has 0 heterocycles. The van der Waals surface area contributed by atoms with Crippen molar-refractivity contribution in [1.29, 1.82) is 0 Å². The lowest BCUT2D eigenvalue weighted by molar-refractivity contribution is -0.159. The molecule has 0 aromatic heterocycles. The lowest BCUT2D eigenvalue weighted by Crippen LogP contribution is -2.59. The molecule has 3 atom stereocenters. The monoisotopic (exact) mass is 351 g/mol. The molecule has 5 N–H and O–H groups in total. The molecule has 0 aliphatic rings. The molecule has 0 aliphatic heterocycles. The number of carbonyl (C=O) groups excluding carboxylic acids is 2. The predicted molar refractivity (Wildman–Crippen MR) is 90.9 cm³/mol. The Morgan fingerprint density at radius 2 is 1.77 bits per heavy atom. The summed E-state index contributed by atoms with van der Waals surface area (Å²) in [6.07, 6.45) is 1.95. The summed E-state index contributed by atoms with van der Waals surface area (Å²) in [5.74, 6) is -2.46. The van der Waals surface area contributed by atoms with Crippen molar-refractivity contribution in [2.75, 3.05) is 17.8 Å². The van der Waals surface area contributed by atoms with Gasteiger partial charge in [-0.25, -0.2) is 4.79 Å². The van der Waals surface area contributed by atoms with Crippen molar-refractivity contribution in [3.63, 3.8) is 0 Å². The van der Waals surface area contributed by atoms with E-state index in [4.69, 9.17) is 11.5 Å². The molecule has 128 valence electrons. The Bertz CT molecular complexity index is 407. The highest BCUT2D eigenvalue weighted by molar-refractivity contribution is 7.98. The number of nitrogens with two attached hydrogens (primary N) is 2. The number of imide groups is 1. The van der Waals surface area contributed by atoms with E-state index >= 15 is 0 Å². The fraction of sp³-hybridized carbons (Fsp3) is 0.769. The van der Waals surface area contributed by atoms with Crippen LogP contribution in [0.25, 0.3) is 0 Å². The highest BCUT2D eigenvalue weighted by atomic mass is 32.2. The minimum atomic E-state index is -1.27. The lowest BCUT2D eigenvalue weighted by atomic mass is 10.0. The molecule has 0 aromatic rings. The van der Waals surface area contributed by atoms with E-state index in [1.165, 1.54) is 11.8 Å². The summed E-state index contributed by atoms with van der Waals surface area (Å²) < 4.78 is 0. The number of aliphatic carboxylic acids is 1. The third-order valence-corrected chi connectivity index (χ3v) is 4.22. The van der Waals surface area contributed by atoms with E-state index in [1.807, 2.05) is 6.26 Å². The first-order valence-corrected chi connectivity index (χ1v) is 8.92. The summed E-state index contributed by atoms with van der Waals surface area (Å²) in [6.45, 7) is 3.45. The smallest absolute Gasteiger partial charge is 0.326 e. The Hall–Kier alpha value is -0.770. The second-order valence-corrected chi connectivity index (χ2v) is 6.59.